The number of hydrogen-bond donors (Lipinski definition) is 0. The van der Waals surface area contributed by atoms with E-state index in [1.165, 1.54) is 17.1 Å². The van der Waals surface area contributed by atoms with Gasteiger partial charge in [0.1, 0.15) is 5.60 Å². The molecule has 0 aliphatic carbocycles. The SMILES string of the molecule is CCOC(=O)c1cnn(-c2ccccc2C(=O)OC(C)(C)C)c1. The van der Waals surface area contributed by atoms with Crippen LogP contribution in [0.5, 0.6) is 0 Å². The van der Waals surface area contributed by atoms with Gasteiger partial charge in [-0.05, 0) is 39.8 Å². The first-order valence-electron chi connectivity index (χ1n) is 7.36. The molecule has 0 saturated heterocycles. The fourth-order valence-electron chi connectivity index (χ4n) is 1.95. The summed E-state index contributed by atoms with van der Waals surface area (Å²) in [6.07, 6.45) is 2.94. The van der Waals surface area contributed by atoms with Gasteiger partial charge in [0.05, 0.1) is 29.6 Å². The van der Waals surface area contributed by atoms with E-state index in [-0.39, 0.29) is 0 Å². The van der Waals surface area contributed by atoms with E-state index in [0.717, 1.165) is 0 Å². The third-order valence-electron chi connectivity index (χ3n) is 2.86. The Morgan fingerprint density at radius 2 is 1.87 bits per heavy atom. The van der Waals surface area contributed by atoms with Crippen molar-refractivity contribution >= 4 is 11.9 Å². The molecule has 6 nitrogen and oxygen atoms in total. The van der Waals surface area contributed by atoms with Gasteiger partial charge < -0.3 is 9.47 Å². The minimum absolute atomic E-state index is 0.290. The molecule has 0 amide bonds. The Kier molecular flexibility index (Phi) is 4.83. The highest BCUT2D eigenvalue weighted by molar-refractivity contribution is 5.94. The second-order valence-electron chi connectivity index (χ2n) is 5.91. The summed E-state index contributed by atoms with van der Waals surface area (Å²) in [5.41, 5.74) is 0.647. The maximum atomic E-state index is 12.3. The lowest BCUT2D eigenvalue weighted by Crippen LogP contribution is -2.24. The van der Waals surface area contributed by atoms with Crippen molar-refractivity contribution in [2.75, 3.05) is 6.61 Å². The van der Waals surface area contributed by atoms with Crippen molar-refractivity contribution in [3.63, 3.8) is 0 Å². The Balaban J connectivity index is 2.34. The van der Waals surface area contributed by atoms with E-state index in [1.807, 2.05) is 0 Å². The van der Waals surface area contributed by atoms with Crippen LogP contribution in [0.1, 0.15) is 48.4 Å². The molecule has 6 heteroatoms. The second kappa shape index (κ2) is 6.64. The summed E-state index contributed by atoms with van der Waals surface area (Å²) in [5.74, 6) is -0.894. The van der Waals surface area contributed by atoms with Crippen LogP contribution >= 0.6 is 0 Å². The van der Waals surface area contributed by atoms with Gasteiger partial charge >= 0.3 is 11.9 Å². The molecule has 0 N–H and O–H groups in total. The normalized spacial score (nSPS) is 11.1. The van der Waals surface area contributed by atoms with Crippen LogP contribution in [-0.4, -0.2) is 33.9 Å². The number of nitrogens with zero attached hydrogens (tertiary/aromatic N) is 2. The molecule has 122 valence electrons. The monoisotopic (exact) mass is 316 g/mol. The van der Waals surface area contributed by atoms with Gasteiger partial charge in [-0.2, -0.15) is 5.10 Å². The zero-order chi connectivity index (χ0) is 17.0. The smallest absolute Gasteiger partial charge is 0.341 e. The van der Waals surface area contributed by atoms with E-state index in [0.29, 0.717) is 23.4 Å². The van der Waals surface area contributed by atoms with Crippen LogP contribution in [0.4, 0.5) is 0 Å². The lowest BCUT2D eigenvalue weighted by Gasteiger charge is -2.20. The van der Waals surface area contributed by atoms with Gasteiger partial charge in [-0.1, -0.05) is 12.1 Å². The molecular weight excluding hydrogens is 296 g/mol. The molecule has 1 aromatic heterocycles. The Bertz CT molecular complexity index is 713. The fraction of sp³-hybridized carbons (Fsp3) is 0.353. The first-order chi connectivity index (χ1) is 10.8. The first-order valence-corrected chi connectivity index (χ1v) is 7.36. The summed E-state index contributed by atoms with van der Waals surface area (Å²) in [4.78, 5) is 24.1. The molecular formula is C17H20N2O4. The third-order valence-corrected chi connectivity index (χ3v) is 2.86. The molecule has 1 heterocycles. The average molecular weight is 316 g/mol. The van der Waals surface area contributed by atoms with Crippen molar-refractivity contribution in [2.24, 2.45) is 0 Å². The van der Waals surface area contributed by atoms with Gasteiger partial charge in [-0.15, -0.1) is 0 Å². The number of carbonyl (C=O) groups excluding carboxylic acids is 2. The number of para-hydroxylation sites is 1. The zero-order valence-corrected chi connectivity index (χ0v) is 13.7. The van der Waals surface area contributed by atoms with Crippen molar-refractivity contribution in [2.45, 2.75) is 33.3 Å². The predicted octanol–water partition coefficient (Wildman–Crippen LogP) is 3.00. The van der Waals surface area contributed by atoms with E-state index in [2.05, 4.69) is 5.10 Å². The van der Waals surface area contributed by atoms with Gasteiger partial charge in [0.15, 0.2) is 0 Å². The quantitative estimate of drug-likeness (QED) is 0.811. The Labute approximate surface area is 135 Å². The van der Waals surface area contributed by atoms with Crippen LogP contribution in [0.2, 0.25) is 0 Å². The molecule has 0 saturated carbocycles. The fourth-order valence-corrected chi connectivity index (χ4v) is 1.95. The van der Waals surface area contributed by atoms with Crippen molar-refractivity contribution in [3.05, 3.63) is 47.8 Å². The van der Waals surface area contributed by atoms with Crippen molar-refractivity contribution in [1.82, 2.24) is 9.78 Å². The summed E-state index contributed by atoms with van der Waals surface area (Å²) in [6, 6.07) is 6.93. The van der Waals surface area contributed by atoms with Crippen LogP contribution in [0.25, 0.3) is 5.69 Å². The lowest BCUT2D eigenvalue weighted by atomic mass is 10.1. The van der Waals surface area contributed by atoms with Crippen LogP contribution in [0.3, 0.4) is 0 Å². The van der Waals surface area contributed by atoms with Crippen LogP contribution in [0.15, 0.2) is 36.7 Å². The summed E-state index contributed by atoms with van der Waals surface area (Å²) < 4.78 is 11.8. The minimum Gasteiger partial charge on any atom is -0.462 e. The number of rotatable bonds is 4. The van der Waals surface area contributed by atoms with E-state index in [4.69, 9.17) is 9.47 Å². The van der Waals surface area contributed by atoms with Crippen molar-refractivity contribution < 1.29 is 19.1 Å². The summed E-state index contributed by atoms with van der Waals surface area (Å²) in [7, 11) is 0. The number of hydrogen-bond acceptors (Lipinski definition) is 5. The molecule has 23 heavy (non-hydrogen) atoms. The van der Waals surface area contributed by atoms with E-state index in [1.54, 1.807) is 52.0 Å². The number of esters is 2. The molecule has 0 fully saturated rings. The molecule has 0 bridgehead atoms. The maximum Gasteiger partial charge on any atom is 0.341 e. The second-order valence-corrected chi connectivity index (χ2v) is 5.91. The highest BCUT2D eigenvalue weighted by atomic mass is 16.6. The van der Waals surface area contributed by atoms with E-state index >= 15 is 0 Å². The maximum absolute atomic E-state index is 12.3. The summed E-state index contributed by atoms with van der Waals surface area (Å²) >= 11 is 0. The molecule has 0 radical (unpaired) electrons. The van der Waals surface area contributed by atoms with Gasteiger partial charge in [-0.3, -0.25) is 0 Å². The zero-order valence-electron chi connectivity index (χ0n) is 13.7. The standard InChI is InChI=1S/C17H20N2O4/c1-5-22-15(20)12-10-18-19(11-12)14-9-7-6-8-13(14)16(21)23-17(2,3)4/h6-11H,5H2,1-4H3. The Morgan fingerprint density at radius 1 is 1.17 bits per heavy atom. The van der Waals surface area contributed by atoms with Gasteiger partial charge in [0, 0.05) is 6.20 Å². The number of aromatic nitrogens is 2. The predicted molar refractivity (Wildman–Crippen MR) is 84.7 cm³/mol. The molecule has 2 aromatic rings. The largest absolute Gasteiger partial charge is 0.462 e. The lowest BCUT2D eigenvalue weighted by molar-refractivity contribution is 0.00693. The third kappa shape index (κ3) is 4.18. The molecule has 0 atom stereocenters. The van der Waals surface area contributed by atoms with Gasteiger partial charge in [-0.25, -0.2) is 14.3 Å². The molecule has 0 spiro atoms. The van der Waals surface area contributed by atoms with Gasteiger partial charge in [0.2, 0.25) is 0 Å². The van der Waals surface area contributed by atoms with Crippen LogP contribution in [-0.2, 0) is 9.47 Å². The van der Waals surface area contributed by atoms with Gasteiger partial charge in [0.25, 0.3) is 0 Å². The van der Waals surface area contributed by atoms with E-state index < -0.39 is 17.5 Å². The van der Waals surface area contributed by atoms with Crippen molar-refractivity contribution in [3.8, 4) is 5.69 Å². The summed E-state index contributed by atoms with van der Waals surface area (Å²) in [6.45, 7) is 7.44. The first kappa shape index (κ1) is 16.7. The molecule has 0 aliphatic heterocycles. The Morgan fingerprint density at radius 3 is 2.52 bits per heavy atom. The molecule has 0 unspecified atom stereocenters. The van der Waals surface area contributed by atoms with E-state index in [9.17, 15) is 9.59 Å². The molecule has 0 aliphatic rings. The Hall–Kier alpha value is -2.63. The number of benzene rings is 1. The molecule has 2 rings (SSSR count). The molecule has 1 aromatic carbocycles. The summed E-state index contributed by atoms with van der Waals surface area (Å²) in [5, 5.41) is 4.14. The number of ether oxygens (including phenoxy) is 2. The minimum atomic E-state index is -0.593. The van der Waals surface area contributed by atoms with Crippen LogP contribution in [0, 0.1) is 0 Å². The van der Waals surface area contributed by atoms with Crippen molar-refractivity contribution in [1.29, 1.82) is 0 Å². The average Bonchev–Trinajstić information content (AvgIpc) is 2.95. The van der Waals surface area contributed by atoms with Crippen LogP contribution < -0.4 is 0 Å². The highest BCUT2D eigenvalue weighted by Gasteiger charge is 2.21. The number of carbonyl (C=O) groups is 2. The topological polar surface area (TPSA) is 70.4 Å². The highest BCUT2D eigenvalue weighted by Crippen LogP contribution is 2.19.